The van der Waals surface area contributed by atoms with E-state index in [9.17, 15) is 9.59 Å². The SMILES string of the molecule is C=CC(=O)OCCCCCCOC(=O)C=C.CC(C)(CO)CO. The lowest BCUT2D eigenvalue weighted by Gasteiger charge is -2.16. The highest BCUT2D eigenvalue weighted by atomic mass is 16.5. The molecular weight excluding hydrogens is 300 g/mol. The number of rotatable bonds is 11. The van der Waals surface area contributed by atoms with Crippen LogP contribution >= 0.6 is 0 Å². The lowest BCUT2D eigenvalue weighted by Crippen LogP contribution is -2.20. The van der Waals surface area contributed by atoms with Crippen LogP contribution < -0.4 is 0 Å². The molecule has 0 aromatic rings. The Bertz CT molecular complexity index is 317. The summed E-state index contributed by atoms with van der Waals surface area (Å²) in [5.74, 6) is -0.778. The van der Waals surface area contributed by atoms with Crippen molar-refractivity contribution < 1.29 is 29.3 Å². The molecule has 0 fully saturated rings. The van der Waals surface area contributed by atoms with Gasteiger partial charge in [-0.2, -0.15) is 0 Å². The zero-order chi connectivity index (χ0) is 18.1. The first kappa shape index (κ1) is 23.6. The van der Waals surface area contributed by atoms with Gasteiger partial charge in [-0.1, -0.05) is 27.0 Å². The maximum Gasteiger partial charge on any atom is 0.330 e. The first-order valence-corrected chi connectivity index (χ1v) is 7.63. The Balaban J connectivity index is 0. The summed E-state index contributed by atoms with van der Waals surface area (Å²) in [6.07, 6.45) is 5.81. The molecule has 0 amide bonds. The van der Waals surface area contributed by atoms with Crippen molar-refractivity contribution in [2.24, 2.45) is 5.41 Å². The molecule has 6 heteroatoms. The summed E-state index contributed by atoms with van der Waals surface area (Å²) in [5.41, 5.74) is -0.306. The van der Waals surface area contributed by atoms with Crippen molar-refractivity contribution in [3.8, 4) is 0 Å². The topological polar surface area (TPSA) is 93.1 Å². The number of esters is 2. The van der Waals surface area contributed by atoms with E-state index in [-0.39, 0.29) is 30.6 Å². The Kier molecular flexibility index (Phi) is 15.6. The molecule has 0 bridgehead atoms. The Hall–Kier alpha value is -1.66. The van der Waals surface area contributed by atoms with Gasteiger partial charge in [0, 0.05) is 17.6 Å². The average molecular weight is 330 g/mol. The number of aliphatic hydroxyl groups excluding tert-OH is 2. The van der Waals surface area contributed by atoms with E-state index in [1.165, 1.54) is 0 Å². The number of hydrogen-bond donors (Lipinski definition) is 2. The van der Waals surface area contributed by atoms with E-state index in [1.807, 2.05) is 0 Å². The predicted molar refractivity (Wildman–Crippen MR) is 88.7 cm³/mol. The molecule has 0 aliphatic heterocycles. The van der Waals surface area contributed by atoms with Crippen LogP contribution in [-0.2, 0) is 19.1 Å². The summed E-state index contributed by atoms with van der Waals surface area (Å²) in [7, 11) is 0. The number of carbonyl (C=O) groups excluding carboxylic acids is 2. The number of unbranched alkanes of at least 4 members (excludes halogenated alkanes) is 3. The molecule has 0 aromatic heterocycles. The quantitative estimate of drug-likeness (QED) is 0.342. The first-order chi connectivity index (χ1) is 10.8. The van der Waals surface area contributed by atoms with Crippen molar-refractivity contribution in [1.29, 1.82) is 0 Å². The third-order valence-corrected chi connectivity index (χ3v) is 2.72. The van der Waals surface area contributed by atoms with Crippen LogP contribution in [0.3, 0.4) is 0 Å². The molecule has 2 N–H and O–H groups in total. The summed E-state index contributed by atoms with van der Waals surface area (Å²) >= 11 is 0. The maximum absolute atomic E-state index is 10.6. The zero-order valence-corrected chi connectivity index (χ0v) is 14.3. The molecule has 0 aromatic carbocycles. The molecule has 0 saturated carbocycles. The standard InChI is InChI=1S/C12H18O4.C5H12O2/c1-3-11(13)15-9-7-5-6-8-10-16-12(14)4-2;1-5(2,3-6)4-7/h3-4H,1-2,5-10H2;6-7H,3-4H2,1-2H3. The van der Waals surface area contributed by atoms with Crippen molar-refractivity contribution in [1.82, 2.24) is 0 Å². The summed E-state index contributed by atoms with van der Waals surface area (Å²) in [5, 5.41) is 16.9. The van der Waals surface area contributed by atoms with E-state index in [4.69, 9.17) is 19.7 Å². The molecule has 23 heavy (non-hydrogen) atoms. The number of hydrogen-bond acceptors (Lipinski definition) is 6. The Morgan fingerprint density at radius 1 is 0.870 bits per heavy atom. The second-order valence-corrected chi connectivity index (χ2v) is 5.64. The van der Waals surface area contributed by atoms with Crippen LogP contribution in [0.1, 0.15) is 39.5 Å². The van der Waals surface area contributed by atoms with Crippen LogP contribution in [0.5, 0.6) is 0 Å². The van der Waals surface area contributed by atoms with Crippen molar-refractivity contribution in [2.45, 2.75) is 39.5 Å². The summed E-state index contributed by atoms with van der Waals surface area (Å²) in [4.78, 5) is 21.3. The molecule has 0 spiro atoms. The van der Waals surface area contributed by atoms with Gasteiger partial charge in [-0.05, 0) is 25.7 Å². The van der Waals surface area contributed by atoms with Gasteiger partial charge in [0.05, 0.1) is 26.4 Å². The average Bonchev–Trinajstić information content (AvgIpc) is 2.57. The Labute approximate surface area is 138 Å². The van der Waals surface area contributed by atoms with Gasteiger partial charge in [0.2, 0.25) is 0 Å². The molecule has 0 saturated heterocycles. The fourth-order valence-corrected chi connectivity index (χ4v) is 1.07. The second kappa shape index (κ2) is 15.2. The minimum absolute atomic E-state index is 0.0451. The lowest BCUT2D eigenvalue weighted by atomic mass is 9.97. The molecule has 134 valence electrons. The van der Waals surface area contributed by atoms with Gasteiger partial charge in [0.1, 0.15) is 0 Å². The van der Waals surface area contributed by atoms with Gasteiger partial charge in [0.15, 0.2) is 0 Å². The molecule has 0 aliphatic carbocycles. The van der Waals surface area contributed by atoms with Crippen molar-refractivity contribution in [3.05, 3.63) is 25.3 Å². The highest BCUT2D eigenvalue weighted by Gasteiger charge is 2.13. The predicted octanol–water partition coefficient (Wildman–Crippen LogP) is 2.00. The third kappa shape index (κ3) is 18.3. The maximum atomic E-state index is 10.6. The first-order valence-electron chi connectivity index (χ1n) is 7.63. The van der Waals surface area contributed by atoms with Gasteiger partial charge in [0.25, 0.3) is 0 Å². The van der Waals surface area contributed by atoms with E-state index in [0.717, 1.165) is 37.8 Å². The fourth-order valence-electron chi connectivity index (χ4n) is 1.07. The highest BCUT2D eigenvalue weighted by molar-refractivity contribution is 5.81. The van der Waals surface area contributed by atoms with Crippen LogP contribution in [0.2, 0.25) is 0 Å². The Morgan fingerprint density at radius 3 is 1.43 bits per heavy atom. The van der Waals surface area contributed by atoms with Gasteiger partial charge in [-0.3, -0.25) is 0 Å². The van der Waals surface area contributed by atoms with Gasteiger partial charge in [-0.15, -0.1) is 0 Å². The highest BCUT2D eigenvalue weighted by Crippen LogP contribution is 2.10. The number of aliphatic hydroxyl groups is 2. The largest absolute Gasteiger partial charge is 0.463 e. The van der Waals surface area contributed by atoms with Crippen molar-refractivity contribution >= 4 is 11.9 Å². The van der Waals surface area contributed by atoms with Crippen molar-refractivity contribution in [3.63, 3.8) is 0 Å². The molecule has 0 unspecified atom stereocenters. The molecule has 6 nitrogen and oxygen atoms in total. The Morgan fingerprint density at radius 2 is 1.22 bits per heavy atom. The van der Waals surface area contributed by atoms with E-state index < -0.39 is 0 Å². The number of ether oxygens (including phenoxy) is 2. The molecular formula is C17H30O6. The molecule has 0 atom stereocenters. The van der Waals surface area contributed by atoms with Crippen LogP contribution in [-0.4, -0.2) is 48.6 Å². The lowest BCUT2D eigenvalue weighted by molar-refractivity contribution is -0.139. The molecule has 0 rings (SSSR count). The second-order valence-electron chi connectivity index (χ2n) is 5.64. The van der Waals surface area contributed by atoms with E-state index in [1.54, 1.807) is 13.8 Å². The van der Waals surface area contributed by atoms with Gasteiger partial charge < -0.3 is 19.7 Å². The smallest absolute Gasteiger partial charge is 0.330 e. The van der Waals surface area contributed by atoms with E-state index in [2.05, 4.69) is 13.2 Å². The third-order valence-electron chi connectivity index (χ3n) is 2.72. The fraction of sp³-hybridized carbons (Fsp3) is 0.647. The van der Waals surface area contributed by atoms with Crippen LogP contribution in [0, 0.1) is 5.41 Å². The molecule has 0 aliphatic rings. The monoisotopic (exact) mass is 330 g/mol. The van der Waals surface area contributed by atoms with Crippen LogP contribution in [0.25, 0.3) is 0 Å². The summed E-state index contributed by atoms with van der Waals surface area (Å²) in [6.45, 7) is 11.1. The van der Waals surface area contributed by atoms with Gasteiger partial charge >= 0.3 is 11.9 Å². The van der Waals surface area contributed by atoms with Crippen molar-refractivity contribution in [2.75, 3.05) is 26.4 Å². The van der Waals surface area contributed by atoms with E-state index in [0.29, 0.717) is 13.2 Å². The number of carbonyl (C=O) groups is 2. The summed E-state index contributed by atoms with van der Waals surface area (Å²) < 4.78 is 9.60. The van der Waals surface area contributed by atoms with Crippen LogP contribution in [0.4, 0.5) is 0 Å². The van der Waals surface area contributed by atoms with Gasteiger partial charge in [-0.25, -0.2) is 9.59 Å². The minimum Gasteiger partial charge on any atom is -0.463 e. The normalized spacial score (nSPS) is 10.1. The molecule has 0 radical (unpaired) electrons. The zero-order valence-electron chi connectivity index (χ0n) is 14.3. The minimum atomic E-state index is -0.389. The van der Waals surface area contributed by atoms with E-state index >= 15 is 0 Å². The van der Waals surface area contributed by atoms with Crippen LogP contribution in [0.15, 0.2) is 25.3 Å². The molecule has 0 heterocycles. The summed E-state index contributed by atoms with van der Waals surface area (Å²) in [6, 6.07) is 0.